The highest BCUT2D eigenvalue weighted by atomic mass is 35.5. The van der Waals surface area contributed by atoms with E-state index < -0.39 is 5.54 Å². The molecule has 0 amide bonds. The number of ether oxygens (including phenoxy) is 1. The average molecular weight is 275 g/mol. The van der Waals surface area contributed by atoms with Crippen molar-refractivity contribution in [2.24, 2.45) is 5.73 Å². The number of pyridine rings is 1. The molecule has 0 radical (unpaired) electrons. The largest absolute Gasteiger partial charge is 0.491 e. The minimum Gasteiger partial charge on any atom is -0.491 e. The molecule has 2 aromatic rings. The summed E-state index contributed by atoms with van der Waals surface area (Å²) in [5.41, 5.74) is 8.22. The Kier molecular flexibility index (Phi) is 3.17. The molecule has 3 nitrogen and oxygen atoms in total. The van der Waals surface area contributed by atoms with Gasteiger partial charge >= 0.3 is 0 Å². The first-order valence-corrected chi connectivity index (χ1v) is 6.62. The Balaban J connectivity index is 1.84. The summed E-state index contributed by atoms with van der Waals surface area (Å²) in [5, 5.41) is 0.659. The number of hydrogen-bond donors (Lipinski definition) is 1. The van der Waals surface area contributed by atoms with E-state index in [0.717, 1.165) is 23.3 Å². The predicted molar refractivity (Wildman–Crippen MR) is 75.5 cm³/mol. The Hall–Kier alpha value is -1.58. The maximum absolute atomic E-state index is 6.47. The van der Waals surface area contributed by atoms with E-state index in [1.165, 1.54) is 0 Å². The second kappa shape index (κ2) is 4.83. The van der Waals surface area contributed by atoms with Gasteiger partial charge < -0.3 is 10.5 Å². The number of fused-ring (bicyclic) bond motifs is 1. The van der Waals surface area contributed by atoms with E-state index in [1.807, 2.05) is 24.3 Å². The zero-order valence-electron chi connectivity index (χ0n) is 10.5. The molecule has 1 aliphatic rings. The van der Waals surface area contributed by atoms with Gasteiger partial charge in [-0.3, -0.25) is 4.98 Å². The number of nitrogens with zero attached hydrogens (tertiary/aromatic N) is 1. The molecule has 98 valence electrons. The van der Waals surface area contributed by atoms with E-state index in [0.29, 0.717) is 18.1 Å². The maximum Gasteiger partial charge on any atom is 0.122 e. The Labute approximate surface area is 117 Å². The molecule has 3 rings (SSSR count). The number of para-hydroxylation sites is 1. The number of hydrogen-bond acceptors (Lipinski definition) is 3. The molecule has 1 atom stereocenters. The van der Waals surface area contributed by atoms with Crippen molar-refractivity contribution >= 4 is 11.6 Å². The summed E-state index contributed by atoms with van der Waals surface area (Å²) in [6.45, 7) is 0.503. The first-order valence-electron chi connectivity index (χ1n) is 6.24. The Morgan fingerprint density at radius 2 is 2.16 bits per heavy atom. The number of benzene rings is 1. The summed E-state index contributed by atoms with van der Waals surface area (Å²) in [6.07, 6.45) is 4.87. The Bertz CT molecular complexity index is 602. The van der Waals surface area contributed by atoms with Crippen LogP contribution < -0.4 is 10.5 Å². The van der Waals surface area contributed by atoms with Crippen molar-refractivity contribution < 1.29 is 4.74 Å². The third-order valence-corrected chi connectivity index (χ3v) is 3.77. The van der Waals surface area contributed by atoms with Gasteiger partial charge in [-0.15, -0.1) is 0 Å². The molecule has 0 saturated carbocycles. The van der Waals surface area contributed by atoms with E-state index in [4.69, 9.17) is 22.1 Å². The van der Waals surface area contributed by atoms with E-state index in [-0.39, 0.29) is 0 Å². The van der Waals surface area contributed by atoms with Crippen molar-refractivity contribution in [2.75, 3.05) is 6.61 Å². The SMILES string of the molecule is NC1(Cc2ccncc2Cl)COc2ccccc2C1. The molecule has 0 saturated heterocycles. The smallest absolute Gasteiger partial charge is 0.122 e. The zero-order valence-corrected chi connectivity index (χ0v) is 11.2. The summed E-state index contributed by atoms with van der Waals surface area (Å²) in [4.78, 5) is 3.99. The van der Waals surface area contributed by atoms with E-state index in [2.05, 4.69) is 11.1 Å². The van der Waals surface area contributed by atoms with Crippen molar-refractivity contribution in [2.45, 2.75) is 18.4 Å². The van der Waals surface area contributed by atoms with Gasteiger partial charge in [0.15, 0.2) is 0 Å². The molecule has 1 aliphatic heterocycles. The second-order valence-electron chi connectivity index (χ2n) is 5.08. The Morgan fingerprint density at radius 1 is 1.32 bits per heavy atom. The van der Waals surface area contributed by atoms with Crippen LogP contribution in [0.2, 0.25) is 5.02 Å². The van der Waals surface area contributed by atoms with Crippen molar-refractivity contribution in [3.63, 3.8) is 0 Å². The first-order chi connectivity index (χ1) is 9.16. The van der Waals surface area contributed by atoms with Crippen LogP contribution in [0.4, 0.5) is 0 Å². The van der Waals surface area contributed by atoms with Crippen LogP contribution in [-0.4, -0.2) is 17.1 Å². The molecular formula is C15H15ClN2O. The number of aromatic nitrogens is 1. The van der Waals surface area contributed by atoms with Crippen LogP contribution >= 0.6 is 11.6 Å². The Morgan fingerprint density at radius 3 is 3.00 bits per heavy atom. The molecule has 1 aromatic heterocycles. The van der Waals surface area contributed by atoms with E-state index in [1.54, 1.807) is 12.4 Å². The van der Waals surface area contributed by atoms with Gasteiger partial charge in [0.05, 0.1) is 10.6 Å². The molecule has 1 aromatic carbocycles. The lowest BCUT2D eigenvalue weighted by Gasteiger charge is -2.35. The van der Waals surface area contributed by atoms with Crippen LogP contribution in [0.25, 0.3) is 0 Å². The average Bonchev–Trinajstić information content (AvgIpc) is 2.41. The summed E-state index contributed by atoms with van der Waals surface area (Å²) in [6, 6.07) is 9.94. The van der Waals surface area contributed by atoms with Gasteiger partial charge in [-0.05, 0) is 36.1 Å². The van der Waals surface area contributed by atoms with Crippen LogP contribution in [-0.2, 0) is 12.8 Å². The fraction of sp³-hybridized carbons (Fsp3) is 0.267. The third kappa shape index (κ3) is 2.57. The topological polar surface area (TPSA) is 48.1 Å². The van der Waals surface area contributed by atoms with Crippen LogP contribution in [0, 0.1) is 0 Å². The van der Waals surface area contributed by atoms with E-state index >= 15 is 0 Å². The van der Waals surface area contributed by atoms with Crippen LogP contribution in [0.1, 0.15) is 11.1 Å². The predicted octanol–water partition coefficient (Wildman–Crippen LogP) is 2.61. The number of halogens is 1. The highest BCUT2D eigenvalue weighted by molar-refractivity contribution is 6.31. The molecule has 0 fully saturated rings. The van der Waals surface area contributed by atoms with Crippen molar-refractivity contribution in [3.05, 3.63) is 58.9 Å². The zero-order chi connectivity index (χ0) is 13.3. The van der Waals surface area contributed by atoms with Gasteiger partial charge in [0.1, 0.15) is 12.4 Å². The fourth-order valence-electron chi connectivity index (χ4n) is 2.48. The molecule has 4 heteroatoms. The fourth-order valence-corrected chi connectivity index (χ4v) is 2.67. The molecule has 0 aliphatic carbocycles. The summed E-state index contributed by atoms with van der Waals surface area (Å²) < 4.78 is 5.77. The normalized spacial score (nSPS) is 21.6. The van der Waals surface area contributed by atoms with Gasteiger partial charge in [-0.25, -0.2) is 0 Å². The lowest BCUT2D eigenvalue weighted by atomic mass is 9.84. The quantitative estimate of drug-likeness (QED) is 0.916. The molecule has 19 heavy (non-hydrogen) atoms. The van der Waals surface area contributed by atoms with Crippen molar-refractivity contribution in [3.8, 4) is 5.75 Å². The highest BCUT2D eigenvalue weighted by Gasteiger charge is 2.32. The molecule has 0 bridgehead atoms. The van der Waals surface area contributed by atoms with Gasteiger partial charge in [-0.2, -0.15) is 0 Å². The molecule has 0 spiro atoms. The van der Waals surface area contributed by atoms with Crippen LogP contribution in [0.15, 0.2) is 42.7 Å². The van der Waals surface area contributed by atoms with Gasteiger partial charge in [0, 0.05) is 12.4 Å². The van der Waals surface area contributed by atoms with Crippen molar-refractivity contribution in [1.82, 2.24) is 4.98 Å². The van der Waals surface area contributed by atoms with Crippen molar-refractivity contribution in [1.29, 1.82) is 0 Å². The third-order valence-electron chi connectivity index (χ3n) is 3.43. The summed E-state index contributed by atoms with van der Waals surface area (Å²) >= 11 is 6.15. The summed E-state index contributed by atoms with van der Waals surface area (Å²) in [7, 11) is 0. The summed E-state index contributed by atoms with van der Waals surface area (Å²) in [5.74, 6) is 0.935. The number of nitrogens with two attached hydrogens (primary N) is 1. The number of rotatable bonds is 2. The van der Waals surface area contributed by atoms with Crippen LogP contribution in [0.5, 0.6) is 5.75 Å². The first kappa shape index (κ1) is 12.5. The molecule has 2 heterocycles. The minimum atomic E-state index is -0.417. The van der Waals surface area contributed by atoms with Crippen LogP contribution in [0.3, 0.4) is 0 Å². The standard InChI is InChI=1S/C15H15ClN2O/c16-13-9-18-6-5-11(13)7-15(17)8-12-3-1-2-4-14(12)19-10-15/h1-6,9H,7-8,10,17H2. The van der Waals surface area contributed by atoms with E-state index in [9.17, 15) is 0 Å². The second-order valence-corrected chi connectivity index (χ2v) is 5.49. The van der Waals surface area contributed by atoms with Gasteiger partial charge in [0.25, 0.3) is 0 Å². The minimum absolute atomic E-state index is 0.417. The lowest BCUT2D eigenvalue weighted by molar-refractivity contribution is 0.190. The molecule has 1 unspecified atom stereocenters. The lowest BCUT2D eigenvalue weighted by Crippen LogP contribution is -2.51. The molecule has 2 N–H and O–H groups in total. The highest BCUT2D eigenvalue weighted by Crippen LogP contribution is 2.30. The van der Waals surface area contributed by atoms with Gasteiger partial charge in [-0.1, -0.05) is 29.8 Å². The monoisotopic (exact) mass is 274 g/mol. The van der Waals surface area contributed by atoms with Gasteiger partial charge in [0.2, 0.25) is 0 Å². The maximum atomic E-state index is 6.47. The molecular weight excluding hydrogens is 260 g/mol.